The van der Waals surface area contributed by atoms with Gasteiger partial charge in [0, 0.05) is 6.61 Å². The molecule has 2 aliphatic carbocycles. The zero-order valence-electron chi connectivity index (χ0n) is 14.2. The molecule has 0 unspecified atom stereocenters. The van der Waals surface area contributed by atoms with E-state index in [1.165, 1.54) is 64.2 Å². The van der Waals surface area contributed by atoms with E-state index in [0.29, 0.717) is 0 Å². The van der Waals surface area contributed by atoms with E-state index < -0.39 is 0 Å². The highest BCUT2D eigenvalue weighted by Gasteiger charge is 2.30. The van der Waals surface area contributed by atoms with Gasteiger partial charge in [-0.2, -0.15) is 0 Å². The van der Waals surface area contributed by atoms with Crippen molar-refractivity contribution in [3.05, 3.63) is 12.7 Å². The van der Waals surface area contributed by atoms with E-state index in [-0.39, 0.29) is 0 Å². The maximum Gasteiger partial charge on any atom is 0.0500 e. The van der Waals surface area contributed by atoms with Gasteiger partial charge in [-0.1, -0.05) is 38.7 Å². The van der Waals surface area contributed by atoms with Gasteiger partial charge >= 0.3 is 0 Å². The van der Waals surface area contributed by atoms with Crippen molar-refractivity contribution in [2.24, 2.45) is 23.7 Å². The van der Waals surface area contributed by atoms with E-state index in [0.717, 1.165) is 43.3 Å². The largest absolute Gasteiger partial charge is 0.381 e. The molecule has 0 N–H and O–H groups in total. The Bertz CT molecular complexity index is 270. The van der Waals surface area contributed by atoms with E-state index in [9.17, 15) is 0 Å². The third-order valence-electron chi connectivity index (χ3n) is 5.97. The van der Waals surface area contributed by atoms with Crippen LogP contribution in [0, 0.1) is 23.7 Å². The fraction of sp³-hybridized carbons (Fsp3) is 0.900. The van der Waals surface area contributed by atoms with E-state index in [1.54, 1.807) is 0 Å². The van der Waals surface area contributed by atoms with Crippen LogP contribution in [0.15, 0.2) is 12.7 Å². The predicted octanol–water partition coefficient (Wildman–Crippen LogP) is 5.99. The van der Waals surface area contributed by atoms with Crippen molar-refractivity contribution in [3.8, 4) is 0 Å². The molecule has 2 rings (SSSR count). The normalized spacial score (nSPS) is 33.8. The fourth-order valence-electron chi connectivity index (χ4n) is 4.60. The van der Waals surface area contributed by atoms with Crippen LogP contribution < -0.4 is 0 Å². The molecule has 0 aromatic carbocycles. The molecular weight excluding hydrogens is 256 g/mol. The maximum atomic E-state index is 5.76. The molecule has 0 amide bonds. The molecule has 0 saturated heterocycles. The molecule has 0 bridgehead atoms. The highest BCUT2D eigenvalue weighted by atomic mass is 16.5. The van der Waals surface area contributed by atoms with E-state index in [1.807, 2.05) is 6.08 Å². The smallest absolute Gasteiger partial charge is 0.0500 e. The van der Waals surface area contributed by atoms with Gasteiger partial charge in [0.2, 0.25) is 0 Å². The van der Waals surface area contributed by atoms with Gasteiger partial charge in [0.05, 0.1) is 6.61 Å². The third-order valence-corrected chi connectivity index (χ3v) is 5.97. The van der Waals surface area contributed by atoms with Crippen LogP contribution in [0.25, 0.3) is 0 Å². The molecule has 0 aromatic heterocycles. The summed E-state index contributed by atoms with van der Waals surface area (Å²) >= 11 is 0. The minimum Gasteiger partial charge on any atom is -0.381 e. The second-order valence-electron chi connectivity index (χ2n) is 7.50. The van der Waals surface area contributed by atoms with E-state index >= 15 is 0 Å². The van der Waals surface area contributed by atoms with E-state index in [4.69, 9.17) is 4.74 Å². The van der Waals surface area contributed by atoms with Crippen LogP contribution in [0.5, 0.6) is 0 Å². The molecule has 1 heteroatoms. The maximum absolute atomic E-state index is 5.76. The Morgan fingerprint density at radius 1 is 0.905 bits per heavy atom. The fourth-order valence-corrected chi connectivity index (χ4v) is 4.60. The van der Waals surface area contributed by atoms with Gasteiger partial charge in [-0.05, 0) is 68.6 Å². The standard InChI is InChI=1S/C20H36O/c1-3-5-15-21-16-18-9-13-20(14-10-18)19-11-7-17(6-4-2)8-12-19/h3,17-20H,1,4-16H2,2H3/t17-,18-,19-,20-. The summed E-state index contributed by atoms with van der Waals surface area (Å²) < 4.78 is 5.76. The molecule has 21 heavy (non-hydrogen) atoms. The summed E-state index contributed by atoms with van der Waals surface area (Å²) in [6, 6.07) is 0. The quantitative estimate of drug-likeness (QED) is 0.394. The first-order valence-electron chi connectivity index (χ1n) is 9.52. The molecular formula is C20H36O. The number of rotatable bonds is 8. The first-order chi connectivity index (χ1) is 10.3. The SMILES string of the molecule is C=CCCOC[C@H]1CC[C@H]([C@H]2CC[C@H](CCC)CC2)CC1. The summed E-state index contributed by atoms with van der Waals surface area (Å²) in [5, 5.41) is 0. The molecule has 1 nitrogen and oxygen atoms in total. The molecule has 122 valence electrons. The average molecular weight is 293 g/mol. The zero-order chi connectivity index (χ0) is 14.9. The Labute approximate surface area is 132 Å². The number of ether oxygens (including phenoxy) is 1. The summed E-state index contributed by atoms with van der Waals surface area (Å²) in [4.78, 5) is 0. The lowest BCUT2D eigenvalue weighted by Gasteiger charge is -2.37. The lowest BCUT2D eigenvalue weighted by molar-refractivity contribution is 0.0668. The second-order valence-corrected chi connectivity index (χ2v) is 7.50. The van der Waals surface area contributed by atoms with Crippen LogP contribution in [-0.2, 0) is 4.74 Å². The van der Waals surface area contributed by atoms with Gasteiger partial charge in [0.15, 0.2) is 0 Å². The summed E-state index contributed by atoms with van der Waals surface area (Å²) in [7, 11) is 0. The summed E-state index contributed by atoms with van der Waals surface area (Å²) in [6.07, 6.45) is 17.6. The molecule has 0 radical (unpaired) electrons. The molecule has 2 aliphatic rings. The Kier molecular flexibility index (Phi) is 7.85. The summed E-state index contributed by atoms with van der Waals surface area (Å²) in [5.74, 6) is 3.99. The predicted molar refractivity (Wildman–Crippen MR) is 91.4 cm³/mol. The lowest BCUT2D eigenvalue weighted by atomic mass is 9.69. The molecule has 2 fully saturated rings. The summed E-state index contributed by atoms with van der Waals surface area (Å²) in [6.45, 7) is 7.94. The Morgan fingerprint density at radius 3 is 2.00 bits per heavy atom. The van der Waals surface area contributed by atoms with Crippen LogP contribution in [0.4, 0.5) is 0 Å². The molecule has 0 atom stereocenters. The molecule has 0 aromatic rings. The minimum absolute atomic E-state index is 0.836. The molecule has 0 heterocycles. The van der Waals surface area contributed by atoms with Crippen LogP contribution in [0.3, 0.4) is 0 Å². The second kappa shape index (κ2) is 9.66. The van der Waals surface area contributed by atoms with Gasteiger partial charge in [0.25, 0.3) is 0 Å². The summed E-state index contributed by atoms with van der Waals surface area (Å²) in [5.41, 5.74) is 0. The van der Waals surface area contributed by atoms with Crippen molar-refractivity contribution >= 4 is 0 Å². The Morgan fingerprint density at radius 2 is 1.48 bits per heavy atom. The van der Waals surface area contributed by atoms with Gasteiger partial charge in [-0.25, -0.2) is 0 Å². The van der Waals surface area contributed by atoms with Crippen molar-refractivity contribution in [2.75, 3.05) is 13.2 Å². The van der Waals surface area contributed by atoms with Crippen molar-refractivity contribution in [1.29, 1.82) is 0 Å². The molecule has 2 saturated carbocycles. The zero-order valence-corrected chi connectivity index (χ0v) is 14.2. The van der Waals surface area contributed by atoms with E-state index in [2.05, 4.69) is 13.5 Å². The van der Waals surface area contributed by atoms with Crippen LogP contribution in [0.1, 0.15) is 77.6 Å². The topological polar surface area (TPSA) is 9.23 Å². The monoisotopic (exact) mass is 292 g/mol. The Balaban J connectivity index is 1.59. The lowest BCUT2D eigenvalue weighted by Crippen LogP contribution is -2.27. The van der Waals surface area contributed by atoms with Crippen molar-refractivity contribution in [3.63, 3.8) is 0 Å². The number of hydrogen-bond donors (Lipinski definition) is 0. The van der Waals surface area contributed by atoms with Crippen LogP contribution >= 0.6 is 0 Å². The molecule has 0 aliphatic heterocycles. The first kappa shape index (κ1) is 17.1. The number of hydrogen-bond acceptors (Lipinski definition) is 1. The Hall–Kier alpha value is -0.300. The average Bonchev–Trinajstić information content (AvgIpc) is 2.53. The van der Waals surface area contributed by atoms with Crippen LogP contribution in [0.2, 0.25) is 0 Å². The molecule has 0 spiro atoms. The third kappa shape index (κ3) is 5.77. The van der Waals surface area contributed by atoms with Crippen molar-refractivity contribution < 1.29 is 4.74 Å². The van der Waals surface area contributed by atoms with Gasteiger partial charge < -0.3 is 4.74 Å². The van der Waals surface area contributed by atoms with Gasteiger partial charge in [-0.15, -0.1) is 6.58 Å². The van der Waals surface area contributed by atoms with Crippen molar-refractivity contribution in [1.82, 2.24) is 0 Å². The highest BCUT2D eigenvalue weighted by molar-refractivity contribution is 4.82. The van der Waals surface area contributed by atoms with Gasteiger partial charge in [-0.3, -0.25) is 0 Å². The minimum atomic E-state index is 0.836. The van der Waals surface area contributed by atoms with Gasteiger partial charge in [0.1, 0.15) is 0 Å². The highest BCUT2D eigenvalue weighted by Crippen LogP contribution is 2.42. The van der Waals surface area contributed by atoms with Crippen LogP contribution in [-0.4, -0.2) is 13.2 Å². The van der Waals surface area contributed by atoms with Crippen molar-refractivity contribution in [2.45, 2.75) is 77.6 Å². The first-order valence-corrected chi connectivity index (χ1v) is 9.52.